The molecule has 0 aliphatic carbocycles. The van der Waals surface area contributed by atoms with E-state index < -0.39 is 0 Å². The Labute approximate surface area is 77.3 Å². The van der Waals surface area contributed by atoms with Crippen LogP contribution in [0.3, 0.4) is 0 Å². The lowest BCUT2D eigenvalue weighted by Gasteiger charge is -2.19. The quantitative estimate of drug-likeness (QED) is 0.662. The Morgan fingerprint density at radius 3 is 3.33 bits per heavy atom. The molecule has 64 valence electrons. The standard InChI is InChI=1S/C7H7BrN2O2/c8-5-6(11)9-4-10-2-1-3-12-7(5)10/h4H,1-3H2. The normalized spacial score (nSPS) is 15.1. The van der Waals surface area contributed by atoms with Crippen LogP contribution in [0, 0.1) is 0 Å². The van der Waals surface area contributed by atoms with Crippen molar-refractivity contribution in [2.24, 2.45) is 0 Å². The second-order valence-corrected chi connectivity index (χ2v) is 3.36. The molecule has 0 atom stereocenters. The molecule has 2 heterocycles. The van der Waals surface area contributed by atoms with E-state index in [9.17, 15) is 4.79 Å². The molecule has 0 bridgehead atoms. The number of rotatable bonds is 0. The Morgan fingerprint density at radius 1 is 1.67 bits per heavy atom. The van der Waals surface area contributed by atoms with Gasteiger partial charge >= 0.3 is 0 Å². The molecule has 1 aromatic heterocycles. The first kappa shape index (κ1) is 7.79. The Kier molecular flexibility index (Phi) is 1.88. The van der Waals surface area contributed by atoms with Gasteiger partial charge in [-0.15, -0.1) is 0 Å². The zero-order valence-corrected chi connectivity index (χ0v) is 7.87. The van der Waals surface area contributed by atoms with Crippen LogP contribution >= 0.6 is 15.9 Å². The van der Waals surface area contributed by atoms with Gasteiger partial charge in [0.1, 0.15) is 10.8 Å². The predicted molar refractivity (Wildman–Crippen MR) is 46.3 cm³/mol. The fourth-order valence-corrected chi connectivity index (χ4v) is 1.60. The predicted octanol–water partition coefficient (Wildman–Crippen LogP) is 0.788. The van der Waals surface area contributed by atoms with Crippen molar-refractivity contribution in [2.75, 3.05) is 6.61 Å². The molecule has 0 saturated carbocycles. The molecule has 5 heteroatoms. The fraction of sp³-hybridized carbons (Fsp3) is 0.429. The summed E-state index contributed by atoms with van der Waals surface area (Å²) in [6, 6.07) is 0. The van der Waals surface area contributed by atoms with Gasteiger partial charge in [-0.3, -0.25) is 4.79 Å². The van der Waals surface area contributed by atoms with E-state index in [-0.39, 0.29) is 5.56 Å². The molecule has 1 aliphatic rings. The first-order valence-corrected chi connectivity index (χ1v) is 4.46. The SMILES string of the molecule is O=c1ncn2c(c1Br)OCCC2. The lowest BCUT2D eigenvalue weighted by atomic mass is 10.4. The Balaban J connectivity index is 2.61. The highest BCUT2D eigenvalue weighted by Gasteiger charge is 2.14. The summed E-state index contributed by atoms with van der Waals surface area (Å²) >= 11 is 3.15. The summed E-state index contributed by atoms with van der Waals surface area (Å²) in [6.07, 6.45) is 2.48. The van der Waals surface area contributed by atoms with Crippen LogP contribution in [0.5, 0.6) is 5.88 Å². The third kappa shape index (κ3) is 1.14. The molecule has 1 aromatic rings. The minimum atomic E-state index is -0.275. The fourth-order valence-electron chi connectivity index (χ4n) is 1.16. The van der Waals surface area contributed by atoms with E-state index in [0.29, 0.717) is 17.0 Å². The van der Waals surface area contributed by atoms with Gasteiger partial charge in [-0.25, -0.2) is 0 Å². The van der Waals surface area contributed by atoms with E-state index in [4.69, 9.17) is 4.74 Å². The molecule has 0 aromatic carbocycles. The zero-order chi connectivity index (χ0) is 8.55. The van der Waals surface area contributed by atoms with Crippen molar-refractivity contribution < 1.29 is 4.74 Å². The van der Waals surface area contributed by atoms with E-state index >= 15 is 0 Å². The van der Waals surface area contributed by atoms with Crippen LogP contribution < -0.4 is 10.3 Å². The van der Waals surface area contributed by atoms with Gasteiger partial charge in [0.25, 0.3) is 5.56 Å². The van der Waals surface area contributed by atoms with Crippen LogP contribution in [0.1, 0.15) is 6.42 Å². The summed E-state index contributed by atoms with van der Waals surface area (Å²) in [5.74, 6) is 0.598. The second-order valence-electron chi connectivity index (χ2n) is 2.56. The average molecular weight is 231 g/mol. The van der Waals surface area contributed by atoms with Crippen molar-refractivity contribution in [2.45, 2.75) is 13.0 Å². The Morgan fingerprint density at radius 2 is 2.50 bits per heavy atom. The maximum atomic E-state index is 11.0. The van der Waals surface area contributed by atoms with Crippen LogP contribution in [0.15, 0.2) is 15.6 Å². The number of aromatic nitrogens is 2. The van der Waals surface area contributed by atoms with Crippen molar-refractivity contribution in [1.82, 2.24) is 9.55 Å². The smallest absolute Gasteiger partial charge is 0.290 e. The number of hydrogen-bond acceptors (Lipinski definition) is 3. The lowest BCUT2D eigenvalue weighted by Crippen LogP contribution is -2.21. The average Bonchev–Trinajstić information content (AvgIpc) is 2.12. The molecule has 0 amide bonds. The summed E-state index contributed by atoms with van der Waals surface area (Å²) < 4.78 is 7.56. The maximum Gasteiger partial charge on any atom is 0.290 e. The summed E-state index contributed by atoms with van der Waals surface area (Å²) in [5.41, 5.74) is -0.275. The topological polar surface area (TPSA) is 44.1 Å². The molecular formula is C7H7BrN2O2. The number of hydrogen-bond donors (Lipinski definition) is 0. The largest absolute Gasteiger partial charge is 0.478 e. The van der Waals surface area contributed by atoms with Gasteiger partial charge in [-0.1, -0.05) is 0 Å². The summed E-state index contributed by atoms with van der Waals surface area (Å²) in [6.45, 7) is 1.53. The van der Waals surface area contributed by atoms with Gasteiger partial charge in [0.15, 0.2) is 0 Å². The third-order valence-electron chi connectivity index (χ3n) is 1.73. The lowest BCUT2D eigenvalue weighted by molar-refractivity contribution is 0.233. The molecule has 2 rings (SSSR count). The van der Waals surface area contributed by atoms with Crippen molar-refractivity contribution >= 4 is 15.9 Å². The number of ether oxygens (including phenoxy) is 1. The van der Waals surface area contributed by atoms with Crippen molar-refractivity contribution in [3.8, 4) is 5.88 Å². The third-order valence-corrected chi connectivity index (χ3v) is 2.41. The molecule has 0 fully saturated rings. The molecular weight excluding hydrogens is 224 g/mol. The van der Waals surface area contributed by atoms with E-state index in [1.165, 1.54) is 6.33 Å². The number of aryl methyl sites for hydroxylation is 1. The molecule has 0 N–H and O–H groups in total. The molecule has 4 nitrogen and oxygen atoms in total. The second kappa shape index (κ2) is 2.90. The monoisotopic (exact) mass is 230 g/mol. The molecule has 0 saturated heterocycles. The van der Waals surface area contributed by atoms with E-state index in [2.05, 4.69) is 20.9 Å². The van der Waals surface area contributed by atoms with Crippen LogP contribution in [0.2, 0.25) is 0 Å². The Hall–Kier alpha value is -0.840. The summed E-state index contributed by atoms with van der Waals surface area (Å²) in [7, 11) is 0. The minimum Gasteiger partial charge on any atom is -0.478 e. The number of nitrogens with zero attached hydrogens (tertiary/aromatic N) is 2. The molecule has 0 radical (unpaired) electrons. The number of fused-ring (bicyclic) bond motifs is 1. The Bertz CT molecular complexity index is 361. The summed E-state index contributed by atoms with van der Waals surface area (Å²) in [5, 5.41) is 0. The van der Waals surface area contributed by atoms with Crippen LogP contribution in [-0.4, -0.2) is 16.2 Å². The van der Waals surface area contributed by atoms with E-state index in [0.717, 1.165) is 13.0 Å². The van der Waals surface area contributed by atoms with Crippen LogP contribution in [0.4, 0.5) is 0 Å². The van der Waals surface area contributed by atoms with Crippen molar-refractivity contribution in [1.29, 1.82) is 0 Å². The molecule has 0 unspecified atom stereocenters. The van der Waals surface area contributed by atoms with Crippen LogP contribution in [0.25, 0.3) is 0 Å². The zero-order valence-electron chi connectivity index (χ0n) is 6.29. The van der Waals surface area contributed by atoms with Gasteiger partial charge in [0, 0.05) is 6.54 Å². The van der Waals surface area contributed by atoms with E-state index in [1.807, 2.05) is 4.57 Å². The maximum absolute atomic E-state index is 11.0. The van der Waals surface area contributed by atoms with Crippen molar-refractivity contribution in [3.63, 3.8) is 0 Å². The van der Waals surface area contributed by atoms with E-state index in [1.54, 1.807) is 0 Å². The van der Waals surface area contributed by atoms with Gasteiger partial charge in [0.05, 0.1) is 6.61 Å². The molecule has 0 spiro atoms. The van der Waals surface area contributed by atoms with Gasteiger partial charge in [0.2, 0.25) is 5.88 Å². The van der Waals surface area contributed by atoms with Gasteiger partial charge < -0.3 is 9.30 Å². The first-order chi connectivity index (χ1) is 5.79. The van der Waals surface area contributed by atoms with Gasteiger partial charge in [-0.2, -0.15) is 4.98 Å². The van der Waals surface area contributed by atoms with Crippen molar-refractivity contribution in [3.05, 3.63) is 21.2 Å². The first-order valence-electron chi connectivity index (χ1n) is 3.67. The highest BCUT2D eigenvalue weighted by molar-refractivity contribution is 9.10. The minimum absolute atomic E-state index is 0.275. The highest BCUT2D eigenvalue weighted by atomic mass is 79.9. The number of halogens is 1. The molecule has 1 aliphatic heterocycles. The van der Waals surface area contributed by atoms with Gasteiger partial charge in [-0.05, 0) is 22.4 Å². The summed E-state index contributed by atoms with van der Waals surface area (Å²) in [4.78, 5) is 14.7. The molecule has 12 heavy (non-hydrogen) atoms. The highest BCUT2D eigenvalue weighted by Crippen LogP contribution is 2.22. The van der Waals surface area contributed by atoms with Crippen LogP contribution in [-0.2, 0) is 6.54 Å².